The molecule has 7 atom stereocenters. The van der Waals surface area contributed by atoms with Gasteiger partial charge < -0.3 is 15.3 Å². The molecular weight excluding hydrogens is 424 g/mol. The molecule has 34 heavy (non-hydrogen) atoms. The maximum Gasteiger partial charge on any atom is 0.225 e. The van der Waals surface area contributed by atoms with Crippen LogP contribution in [0.15, 0.2) is 30.3 Å². The summed E-state index contributed by atoms with van der Waals surface area (Å²) in [4.78, 5) is 28.1. The van der Waals surface area contributed by atoms with Crippen molar-refractivity contribution in [1.82, 2.24) is 10.2 Å². The van der Waals surface area contributed by atoms with Crippen molar-refractivity contribution < 1.29 is 14.7 Å². The predicted octanol–water partition coefficient (Wildman–Crippen LogP) is 4.43. The number of aliphatic hydroxyl groups is 1. The third-order valence-electron chi connectivity index (χ3n) is 9.57. The van der Waals surface area contributed by atoms with Crippen molar-refractivity contribution in [2.24, 2.45) is 35.0 Å². The Morgan fingerprint density at radius 3 is 2.41 bits per heavy atom. The van der Waals surface area contributed by atoms with Gasteiger partial charge in [0.15, 0.2) is 0 Å². The molecule has 1 aliphatic heterocycles. The fourth-order valence-electron chi connectivity index (χ4n) is 7.24. The van der Waals surface area contributed by atoms with Crippen molar-refractivity contribution in [3.05, 3.63) is 35.9 Å². The minimum Gasteiger partial charge on any atom is -0.392 e. The van der Waals surface area contributed by atoms with Crippen molar-refractivity contribution in [2.45, 2.75) is 84.8 Å². The van der Waals surface area contributed by atoms with E-state index in [1.807, 2.05) is 42.2 Å². The van der Waals surface area contributed by atoms with Gasteiger partial charge in [0.1, 0.15) is 0 Å². The van der Waals surface area contributed by atoms with E-state index in [1.165, 1.54) is 0 Å². The van der Waals surface area contributed by atoms with Gasteiger partial charge in [0, 0.05) is 25.0 Å². The number of carbonyl (C=O) groups is 2. The molecule has 1 aromatic carbocycles. The van der Waals surface area contributed by atoms with Crippen LogP contribution in [-0.4, -0.2) is 47.1 Å². The third-order valence-corrected chi connectivity index (χ3v) is 9.57. The second-order valence-electron chi connectivity index (χ2n) is 11.9. The molecule has 5 heteroatoms. The Morgan fingerprint density at radius 2 is 1.74 bits per heavy atom. The van der Waals surface area contributed by atoms with Gasteiger partial charge in [0.2, 0.25) is 11.8 Å². The topological polar surface area (TPSA) is 69.6 Å². The van der Waals surface area contributed by atoms with E-state index in [1.54, 1.807) is 0 Å². The zero-order valence-corrected chi connectivity index (χ0v) is 21.5. The Balaban J connectivity index is 1.42. The molecule has 0 spiro atoms. The molecule has 3 aliphatic rings. The Hall–Kier alpha value is -1.88. The van der Waals surface area contributed by atoms with Gasteiger partial charge in [-0.2, -0.15) is 0 Å². The highest BCUT2D eigenvalue weighted by molar-refractivity contribution is 5.79. The van der Waals surface area contributed by atoms with Gasteiger partial charge in [-0.3, -0.25) is 9.59 Å². The number of fused-ring (bicyclic) bond motifs is 1. The van der Waals surface area contributed by atoms with Gasteiger partial charge >= 0.3 is 0 Å². The molecule has 188 valence electrons. The number of carbonyl (C=O) groups excluding carboxylic acids is 2. The maximum absolute atomic E-state index is 13.3. The van der Waals surface area contributed by atoms with Crippen LogP contribution in [0.1, 0.15) is 71.8 Å². The van der Waals surface area contributed by atoms with E-state index in [0.717, 1.165) is 57.2 Å². The Bertz CT molecular complexity index is 850. The first kappa shape index (κ1) is 25.2. The van der Waals surface area contributed by atoms with Crippen LogP contribution in [0, 0.1) is 35.0 Å². The summed E-state index contributed by atoms with van der Waals surface area (Å²) in [6.45, 7) is 10.5. The molecule has 5 nitrogen and oxygen atoms in total. The van der Waals surface area contributed by atoms with E-state index in [0.29, 0.717) is 12.3 Å². The molecule has 2 aliphatic carbocycles. The number of nitrogens with one attached hydrogen (secondary N) is 1. The molecule has 1 unspecified atom stereocenters. The van der Waals surface area contributed by atoms with E-state index < -0.39 is 6.10 Å². The summed E-state index contributed by atoms with van der Waals surface area (Å²) >= 11 is 0. The number of hydrogen-bond acceptors (Lipinski definition) is 3. The lowest BCUT2D eigenvalue weighted by Gasteiger charge is -2.56. The Labute approximate surface area is 205 Å². The second kappa shape index (κ2) is 10.4. The molecule has 0 radical (unpaired) electrons. The SMILES string of the molecule is CC1CCN(C(=O)[C@@H](C)C2CC[C@@]3(C)CC[C@H](NC(=O)Cc4ccccc4)[C@@H](C)[C@@H]3[C@H]2O)CC1. The molecule has 2 saturated carbocycles. The first-order valence-electron chi connectivity index (χ1n) is 13.5. The summed E-state index contributed by atoms with van der Waals surface area (Å²) in [5.74, 6) is 1.07. The molecule has 4 rings (SSSR count). The molecule has 2 amide bonds. The van der Waals surface area contributed by atoms with Crippen LogP contribution in [0.3, 0.4) is 0 Å². The van der Waals surface area contributed by atoms with Gasteiger partial charge in [-0.1, -0.05) is 58.0 Å². The average Bonchev–Trinajstić information content (AvgIpc) is 2.81. The highest BCUT2D eigenvalue weighted by Crippen LogP contribution is 2.55. The number of benzene rings is 1. The molecule has 3 fully saturated rings. The quantitative estimate of drug-likeness (QED) is 0.672. The molecule has 1 aromatic rings. The number of piperidine rings is 1. The highest BCUT2D eigenvalue weighted by atomic mass is 16.3. The average molecular weight is 469 g/mol. The van der Waals surface area contributed by atoms with Gasteiger partial charge in [-0.25, -0.2) is 0 Å². The fourth-order valence-corrected chi connectivity index (χ4v) is 7.24. The zero-order chi connectivity index (χ0) is 24.5. The van der Waals surface area contributed by atoms with Gasteiger partial charge in [0.05, 0.1) is 12.5 Å². The monoisotopic (exact) mass is 468 g/mol. The van der Waals surface area contributed by atoms with Crippen molar-refractivity contribution in [1.29, 1.82) is 0 Å². The number of aliphatic hydroxyl groups excluding tert-OH is 1. The Kier molecular flexibility index (Phi) is 7.71. The molecule has 0 aromatic heterocycles. The number of likely N-dealkylation sites (tertiary alicyclic amines) is 1. The van der Waals surface area contributed by atoms with Crippen LogP contribution in [0.2, 0.25) is 0 Å². The van der Waals surface area contributed by atoms with Gasteiger partial charge in [-0.05, 0) is 73.2 Å². The van der Waals surface area contributed by atoms with Crippen LogP contribution in [-0.2, 0) is 16.0 Å². The van der Waals surface area contributed by atoms with Crippen molar-refractivity contribution >= 4 is 11.8 Å². The van der Waals surface area contributed by atoms with Crippen LogP contribution in [0.25, 0.3) is 0 Å². The summed E-state index contributed by atoms with van der Waals surface area (Å²) in [5, 5.41) is 14.9. The third kappa shape index (κ3) is 5.19. The minimum atomic E-state index is -0.509. The summed E-state index contributed by atoms with van der Waals surface area (Å²) < 4.78 is 0. The van der Waals surface area contributed by atoms with Crippen LogP contribution < -0.4 is 5.32 Å². The molecule has 1 saturated heterocycles. The second-order valence-corrected chi connectivity index (χ2v) is 11.9. The van der Waals surface area contributed by atoms with E-state index in [4.69, 9.17) is 0 Å². The molecule has 2 N–H and O–H groups in total. The number of amides is 2. The van der Waals surface area contributed by atoms with E-state index >= 15 is 0 Å². The molecule has 0 bridgehead atoms. The van der Waals surface area contributed by atoms with Crippen LogP contribution in [0.5, 0.6) is 0 Å². The van der Waals surface area contributed by atoms with Crippen molar-refractivity contribution in [3.8, 4) is 0 Å². The first-order chi connectivity index (χ1) is 16.2. The number of nitrogens with zero attached hydrogens (tertiary/aromatic N) is 1. The lowest BCUT2D eigenvalue weighted by molar-refractivity contribution is -0.152. The van der Waals surface area contributed by atoms with Crippen molar-refractivity contribution in [2.75, 3.05) is 13.1 Å². The van der Waals surface area contributed by atoms with Crippen molar-refractivity contribution in [3.63, 3.8) is 0 Å². The largest absolute Gasteiger partial charge is 0.392 e. The molecular formula is C29H44N2O3. The minimum absolute atomic E-state index is 0.00820. The number of rotatable bonds is 5. The highest BCUT2D eigenvalue weighted by Gasteiger charge is 2.54. The standard InChI is InChI=1S/C29H44N2O3/c1-19-12-16-31(17-13-19)28(34)20(2)23-10-14-29(4)15-11-24(21(3)26(29)27(23)33)30-25(32)18-22-8-6-5-7-9-22/h5-9,19-21,23-24,26-27,33H,10-18H2,1-4H3,(H,30,32)/t20-,21+,23?,24-,26+,27-,29-/m0/s1. The van der Waals surface area contributed by atoms with E-state index in [2.05, 4.69) is 26.1 Å². The summed E-state index contributed by atoms with van der Waals surface area (Å²) in [7, 11) is 0. The lowest BCUT2D eigenvalue weighted by Crippen LogP contribution is -2.59. The summed E-state index contributed by atoms with van der Waals surface area (Å²) in [5.41, 5.74) is 1.09. The Morgan fingerprint density at radius 1 is 1.09 bits per heavy atom. The van der Waals surface area contributed by atoms with E-state index in [9.17, 15) is 14.7 Å². The summed E-state index contributed by atoms with van der Waals surface area (Å²) in [6.07, 6.45) is 5.94. The molecule has 1 heterocycles. The predicted molar refractivity (Wildman–Crippen MR) is 135 cm³/mol. The van der Waals surface area contributed by atoms with Gasteiger partial charge in [0.25, 0.3) is 0 Å². The normalized spacial score (nSPS) is 35.3. The fraction of sp³-hybridized carbons (Fsp3) is 0.724. The van der Waals surface area contributed by atoms with E-state index in [-0.39, 0.29) is 46.9 Å². The maximum atomic E-state index is 13.3. The summed E-state index contributed by atoms with van der Waals surface area (Å²) in [6, 6.07) is 9.92. The lowest BCUT2D eigenvalue weighted by atomic mass is 9.51. The van der Waals surface area contributed by atoms with Gasteiger partial charge in [-0.15, -0.1) is 0 Å². The first-order valence-corrected chi connectivity index (χ1v) is 13.5. The zero-order valence-electron chi connectivity index (χ0n) is 21.5. The smallest absolute Gasteiger partial charge is 0.225 e. The number of hydrogen-bond donors (Lipinski definition) is 2. The van der Waals surface area contributed by atoms with Crippen LogP contribution in [0.4, 0.5) is 0 Å². The van der Waals surface area contributed by atoms with Crippen LogP contribution >= 0.6 is 0 Å².